The van der Waals surface area contributed by atoms with Gasteiger partial charge in [-0.15, -0.1) is 0 Å². The molecular weight excluding hydrogens is 463 g/mol. The molecule has 0 radical (unpaired) electrons. The van der Waals surface area contributed by atoms with Crippen LogP contribution in [0.2, 0.25) is 10.0 Å². The van der Waals surface area contributed by atoms with Crippen molar-refractivity contribution in [2.75, 3.05) is 19.5 Å². The highest BCUT2D eigenvalue weighted by molar-refractivity contribution is 6.37. The third kappa shape index (κ3) is 4.63. The number of amides is 1. The maximum Gasteiger partial charge on any atom is 0.255 e. The van der Waals surface area contributed by atoms with Gasteiger partial charge < -0.3 is 19.2 Å². The van der Waals surface area contributed by atoms with Gasteiger partial charge in [-0.2, -0.15) is 0 Å². The van der Waals surface area contributed by atoms with Gasteiger partial charge in [0.25, 0.3) is 5.91 Å². The number of ether oxygens (including phenoxy) is 2. The molecule has 0 saturated carbocycles. The highest BCUT2D eigenvalue weighted by atomic mass is 35.5. The molecule has 4 rings (SSSR count). The Morgan fingerprint density at radius 2 is 1.73 bits per heavy atom. The number of oxazole rings is 1. The molecule has 0 aliphatic carbocycles. The van der Waals surface area contributed by atoms with Crippen LogP contribution in [-0.4, -0.2) is 25.1 Å². The molecule has 1 heterocycles. The number of rotatable bonds is 6. The number of hydrogen-bond donors (Lipinski definition) is 1. The van der Waals surface area contributed by atoms with Gasteiger partial charge in [0.1, 0.15) is 11.3 Å². The second-order valence-electron chi connectivity index (χ2n) is 7.74. The predicted octanol–water partition coefficient (Wildman–Crippen LogP) is 7.19. The van der Waals surface area contributed by atoms with Gasteiger partial charge in [-0.05, 0) is 53.9 Å². The van der Waals surface area contributed by atoms with Crippen LogP contribution in [0.1, 0.15) is 35.7 Å². The van der Waals surface area contributed by atoms with Crippen molar-refractivity contribution < 1.29 is 18.7 Å². The topological polar surface area (TPSA) is 73.6 Å². The Morgan fingerprint density at radius 1 is 1.00 bits per heavy atom. The highest BCUT2D eigenvalue weighted by Gasteiger charge is 2.17. The molecule has 0 spiro atoms. The summed E-state index contributed by atoms with van der Waals surface area (Å²) in [6, 6.07) is 14.3. The van der Waals surface area contributed by atoms with Gasteiger partial charge in [0.05, 0.1) is 30.0 Å². The molecule has 0 bridgehead atoms. The summed E-state index contributed by atoms with van der Waals surface area (Å²) in [5.41, 5.74) is 4.08. The molecule has 1 amide bonds. The summed E-state index contributed by atoms with van der Waals surface area (Å²) < 4.78 is 16.5. The molecule has 0 atom stereocenters. The molecule has 6 nitrogen and oxygen atoms in total. The Bertz CT molecular complexity index is 1320. The minimum absolute atomic E-state index is 0.239. The number of nitrogens with one attached hydrogen (secondary N) is 1. The first-order chi connectivity index (χ1) is 15.8. The summed E-state index contributed by atoms with van der Waals surface area (Å²) in [6.07, 6.45) is 0. The molecule has 0 saturated heterocycles. The number of nitrogens with zero attached hydrogens (tertiary/aromatic N) is 1. The molecule has 0 aliphatic heterocycles. The number of benzene rings is 3. The zero-order valence-electron chi connectivity index (χ0n) is 18.5. The van der Waals surface area contributed by atoms with Crippen molar-refractivity contribution >= 4 is 45.9 Å². The Morgan fingerprint density at radius 3 is 2.36 bits per heavy atom. The van der Waals surface area contributed by atoms with Gasteiger partial charge in [-0.3, -0.25) is 4.79 Å². The van der Waals surface area contributed by atoms with E-state index in [1.165, 1.54) is 31.9 Å². The molecule has 1 N–H and O–H groups in total. The molecular formula is C25H22Cl2N2O4. The molecule has 33 heavy (non-hydrogen) atoms. The lowest BCUT2D eigenvalue weighted by molar-refractivity contribution is 0.102. The van der Waals surface area contributed by atoms with Crippen molar-refractivity contribution in [1.29, 1.82) is 0 Å². The van der Waals surface area contributed by atoms with Gasteiger partial charge in [0.15, 0.2) is 11.3 Å². The van der Waals surface area contributed by atoms with E-state index in [2.05, 4.69) is 24.1 Å². The van der Waals surface area contributed by atoms with E-state index in [0.29, 0.717) is 40.1 Å². The van der Waals surface area contributed by atoms with E-state index in [9.17, 15) is 4.79 Å². The second kappa shape index (κ2) is 9.33. The van der Waals surface area contributed by atoms with Gasteiger partial charge in [0, 0.05) is 11.1 Å². The fourth-order valence-electron chi connectivity index (χ4n) is 3.45. The monoisotopic (exact) mass is 484 g/mol. The van der Waals surface area contributed by atoms with Crippen molar-refractivity contribution in [3.05, 3.63) is 69.7 Å². The number of carbonyl (C=O) groups excluding carboxylic acids is 1. The summed E-state index contributed by atoms with van der Waals surface area (Å²) in [5, 5.41) is 3.32. The minimum Gasteiger partial charge on any atom is -0.495 e. The Labute approximate surface area is 201 Å². The number of fused-ring (bicyclic) bond motifs is 1. The lowest BCUT2D eigenvalue weighted by Gasteiger charge is -2.12. The average Bonchev–Trinajstić information content (AvgIpc) is 3.22. The van der Waals surface area contributed by atoms with Gasteiger partial charge in [-0.1, -0.05) is 43.1 Å². The van der Waals surface area contributed by atoms with Crippen molar-refractivity contribution in [2.45, 2.75) is 19.8 Å². The predicted molar refractivity (Wildman–Crippen MR) is 131 cm³/mol. The van der Waals surface area contributed by atoms with Crippen LogP contribution >= 0.6 is 23.2 Å². The van der Waals surface area contributed by atoms with Crippen LogP contribution in [0.4, 0.5) is 5.69 Å². The van der Waals surface area contributed by atoms with Gasteiger partial charge in [0.2, 0.25) is 5.89 Å². The standard InChI is InChI=1S/C25H22Cl2N2O4/c1-13(2)14-5-8-22-20(11-14)29-25(33-22)15-6-7-21(31-3)19(12-15)28-24(30)16-9-17(26)23(32-4)18(27)10-16/h5-13H,1-4H3,(H,28,30). The molecule has 0 fully saturated rings. The molecule has 8 heteroatoms. The first-order valence-corrected chi connectivity index (χ1v) is 11.0. The molecule has 3 aromatic carbocycles. The molecule has 0 unspecified atom stereocenters. The van der Waals surface area contributed by atoms with E-state index in [-0.39, 0.29) is 15.6 Å². The van der Waals surface area contributed by atoms with E-state index >= 15 is 0 Å². The Balaban J connectivity index is 1.67. The number of hydrogen-bond acceptors (Lipinski definition) is 5. The first kappa shape index (κ1) is 23.0. The Kier molecular flexibility index (Phi) is 6.49. The molecule has 170 valence electrons. The highest BCUT2D eigenvalue weighted by Crippen LogP contribution is 2.36. The largest absolute Gasteiger partial charge is 0.495 e. The van der Waals surface area contributed by atoms with E-state index in [1.807, 2.05) is 24.3 Å². The normalized spacial score (nSPS) is 11.1. The summed E-state index contributed by atoms with van der Waals surface area (Å²) in [5.74, 6) is 1.22. The first-order valence-electron chi connectivity index (χ1n) is 10.2. The van der Waals surface area contributed by atoms with Crippen LogP contribution in [0.15, 0.2) is 52.9 Å². The Hall–Kier alpha value is -3.22. The number of aromatic nitrogens is 1. The summed E-state index contributed by atoms with van der Waals surface area (Å²) in [7, 11) is 2.98. The van der Waals surface area contributed by atoms with E-state index < -0.39 is 5.91 Å². The van der Waals surface area contributed by atoms with Crippen LogP contribution < -0.4 is 14.8 Å². The fourth-order valence-corrected chi connectivity index (χ4v) is 4.09. The zero-order valence-corrected chi connectivity index (χ0v) is 20.0. The lowest BCUT2D eigenvalue weighted by atomic mass is 10.0. The van der Waals surface area contributed by atoms with Crippen LogP contribution in [0.3, 0.4) is 0 Å². The average molecular weight is 485 g/mol. The third-order valence-electron chi connectivity index (χ3n) is 5.24. The maximum absolute atomic E-state index is 12.9. The van der Waals surface area contributed by atoms with E-state index in [1.54, 1.807) is 12.1 Å². The van der Waals surface area contributed by atoms with Crippen molar-refractivity contribution in [3.8, 4) is 23.0 Å². The number of halogens is 2. The lowest BCUT2D eigenvalue weighted by Crippen LogP contribution is -2.13. The van der Waals surface area contributed by atoms with Crippen LogP contribution in [0.5, 0.6) is 11.5 Å². The van der Waals surface area contributed by atoms with Gasteiger partial charge >= 0.3 is 0 Å². The minimum atomic E-state index is -0.406. The number of carbonyl (C=O) groups is 1. The van der Waals surface area contributed by atoms with Crippen LogP contribution in [0, 0.1) is 0 Å². The smallest absolute Gasteiger partial charge is 0.255 e. The molecule has 0 aliphatic rings. The third-order valence-corrected chi connectivity index (χ3v) is 5.80. The SMILES string of the molecule is COc1ccc(-c2nc3cc(C(C)C)ccc3o2)cc1NC(=O)c1cc(Cl)c(OC)c(Cl)c1. The molecule has 4 aromatic rings. The number of methoxy groups -OCH3 is 2. The summed E-state index contributed by atoms with van der Waals surface area (Å²) in [4.78, 5) is 17.5. The zero-order chi connectivity index (χ0) is 23.7. The van der Waals surface area contributed by atoms with Crippen LogP contribution in [0.25, 0.3) is 22.6 Å². The van der Waals surface area contributed by atoms with Crippen LogP contribution in [-0.2, 0) is 0 Å². The van der Waals surface area contributed by atoms with Gasteiger partial charge in [-0.25, -0.2) is 4.98 Å². The van der Waals surface area contributed by atoms with E-state index in [4.69, 9.17) is 37.1 Å². The van der Waals surface area contributed by atoms with E-state index in [0.717, 1.165) is 5.52 Å². The second-order valence-corrected chi connectivity index (χ2v) is 8.56. The maximum atomic E-state index is 12.9. The summed E-state index contributed by atoms with van der Waals surface area (Å²) >= 11 is 12.4. The fraction of sp³-hybridized carbons (Fsp3) is 0.200. The van der Waals surface area contributed by atoms with Crippen molar-refractivity contribution in [1.82, 2.24) is 4.98 Å². The number of anilines is 1. The quantitative estimate of drug-likeness (QED) is 0.313. The summed E-state index contributed by atoms with van der Waals surface area (Å²) in [6.45, 7) is 4.26. The van der Waals surface area contributed by atoms with Crippen molar-refractivity contribution in [2.24, 2.45) is 0 Å². The molecule has 1 aromatic heterocycles. The van der Waals surface area contributed by atoms with Crippen molar-refractivity contribution in [3.63, 3.8) is 0 Å².